The number of hydrogen-bond acceptors (Lipinski definition) is 0. The van der Waals surface area contributed by atoms with E-state index in [2.05, 4.69) is 7.74 Å². The Morgan fingerprint density at radius 1 is 1.50 bits per heavy atom. The monoisotopic (exact) mass is 92.0 g/mol. The Labute approximate surface area is 36.8 Å². The van der Waals surface area contributed by atoms with Gasteiger partial charge < -0.3 is 0 Å². The van der Waals surface area contributed by atoms with Gasteiger partial charge in [-0.25, -0.2) is 0 Å². The fourth-order valence-corrected chi connectivity index (χ4v) is 0. The summed E-state index contributed by atoms with van der Waals surface area (Å²) in [4.78, 5) is 0. The van der Waals surface area contributed by atoms with Gasteiger partial charge in [-0.3, -0.25) is 0 Å². The van der Waals surface area contributed by atoms with E-state index in [9.17, 15) is 0 Å². The lowest BCUT2D eigenvalue weighted by Gasteiger charge is -1.65. The maximum Gasteiger partial charge on any atom is 0.298 e. The van der Waals surface area contributed by atoms with Crippen LogP contribution in [0.25, 0.3) is 0 Å². The van der Waals surface area contributed by atoms with Crippen LogP contribution in [0.3, 0.4) is 0 Å². The van der Waals surface area contributed by atoms with E-state index in [1.165, 1.54) is 0 Å². The zero-order chi connectivity index (χ0) is 3.58. The molecule has 20 valence electrons. The highest BCUT2D eigenvalue weighted by molar-refractivity contribution is 7.52. The Hall–Kier alpha value is 0.710. The minimum absolute atomic E-state index is 0.722. The lowest BCUT2D eigenvalue weighted by atomic mass is 9.77. The van der Waals surface area contributed by atoms with Crippen molar-refractivity contribution < 1.29 is 0 Å². The van der Waals surface area contributed by atoms with Crippen LogP contribution in [-0.4, -0.2) is 13.2 Å². The molecule has 4 heavy (non-hydrogen) atoms. The van der Waals surface area contributed by atoms with Crippen molar-refractivity contribution in [2.45, 2.75) is 0 Å². The Kier molecular flexibility index (Phi) is 2.33. The number of rotatable bonds is 0. The molecule has 0 N–H and O–H groups in total. The molecule has 0 aromatic heterocycles. The maximum atomic E-state index is 4.82. The Morgan fingerprint density at radius 3 is 1.50 bits per heavy atom. The van der Waals surface area contributed by atoms with Crippen molar-refractivity contribution in [2.75, 3.05) is 0 Å². The Bertz CT molecular complexity index is 8.75. The van der Waals surface area contributed by atoms with Gasteiger partial charge in [0.05, 0.1) is 7.74 Å². The molecular formula is B2Cl2. The highest BCUT2D eigenvalue weighted by atomic mass is 35.5. The van der Waals surface area contributed by atoms with E-state index < -0.39 is 5.43 Å². The molecule has 0 bridgehead atoms. The average Bonchev–Trinajstić information content (AvgIpc) is 0.811. The smallest absolute Gasteiger partial charge is 0.184 e. The van der Waals surface area contributed by atoms with Crippen LogP contribution in [0.5, 0.6) is 0 Å². The molecule has 0 spiro atoms. The van der Waals surface area contributed by atoms with Crippen LogP contribution in [0, 0.1) is 0 Å². The molecule has 4 heteroatoms. The first-order valence-electron chi connectivity index (χ1n) is 0.770. The second kappa shape index (κ2) is 1.98. The molecule has 0 atom stereocenters. The van der Waals surface area contributed by atoms with Crippen molar-refractivity contribution in [3.05, 3.63) is 0 Å². The van der Waals surface area contributed by atoms with Crippen LogP contribution in [0.1, 0.15) is 0 Å². The van der Waals surface area contributed by atoms with E-state index >= 15 is 0 Å². The normalized spacial score (nSPS) is 6.50. The van der Waals surface area contributed by atoms with Crippen LogP contribution >= 0.6 is 22.9 Å². The first-order chi connectivity index (χ1) is 1.73. The van der Waals surface area contributed by atoms with Crippen LogP contribution in [0.2, 0.25) is 0 Å². The predicted molar refractivity (Wildman–Crippen MR) is 23.2 cm³/mol. The molecule has 0 aliphatic heterocycles. The van der Waals surface area contributed by atoms with E-state index in [1.807, 2.05) is 0 Å². The molecule has 0 aromatic carbocycles. The molecule has 0 aliphatic carbocycles. The van der Waals surface area contributed by atoms with Gasteiger partial charge in [-0.1, -0.05) is 0 Å². The van der Waals surface area contributed by atoms with Gasteiger partial charge in [0, 0.05) is 0 Å². The van der Waals surface area contributed by atoms with E-state index in [0.29, 0.717) is 0 Å². The highest BCUT2D eigenvalue weighted by Gasteiger charge is 1.85. The van der Waals surface area contributed by atoms with Crippen molar-refractivity contribution in [1.82, 2.24) is 0 Å². The van der Waals surface area contributed by atoms with Crippen molar-refractivity contribution >= 4 is 36.1 Å². The minimum Gasteiger partial charge on any atom is -0.184 e. The summed E-state index contributed by atoms with van der Waals surface area (Å²) in [5.74, 6) is 0. The number of halogens is 2. The summed E-state index contributed by atoms with van der Waals surface area (Å²) in [6.45, 7) is 0. The molecule has 0 rings (SSSR count). The fourth-order valence-electron chi connectivity index (χ4n) is 0. The third kappa shape index (κ3) is 15.7. The molecule has 0 fully saturated rings. The largest absolute Gasteiger partial charge is 0.298 e. The quantitative estimate of drug-likeness (QED) is 0.384. The summed E-state index contributed by atoms with van der Waals surface area (Å²) in [6.07, 6.45) is 0. The summed E-state index contributed by atoms with van der Waals surface area (Å²) in [5, 5.41) is 0. The summed E-state index contributed by atoms with van der Waals surface area (Å²) < 4.78 is 0. The van der Waals surface area contributed by atoms with Gasteiger partial charge in [0.15, 0.2) is 0 Å². The zero-order valence-electron chi connectivity index (χ0n) is 1.91. The van der Waals surface area contributed by atoms with Gasteiger partial charge in [0.25, 0.3) is 5.43 Å². The SMILES string of the molecule is [B]B(Cl)Cl. The lowest BCUT2D eigenvalue weighted by molar-refractivity contribution is 4.05. The van der Waals surface area contributed by atoms with Gasteiger partial charge in [-0.15, -0.1) is 0 Å². The molecule has 0 heterocycles. The van der Waals surface area contributed by atoms with E-state index in [4.69, 9.17) is 22.9 Å². The second-order valence-corrected chi connectivity index (χ2v) is 1.50. The Balaban J connectivity index is 2.32. The standard InChI is InChI=1S/B2Cl2/c1-2(3)4. The average molecular weight is 92.5 g/mol. The molecule has 0 unspecified atom stereocenters. The minimum atomic E-state index is -0.722. The summed E-state index contributed by atoms with van der Waals surface area (Å²) in [5.41, 5.74) is -0.722. The molecule has 0 saturated carbocycles. The first kappa shape index (κ1) is 4.71. The van der Waals surface area contributed by atoms with Crippen molar-refractivity contribution in [1.29, 1.82) is 0 Å². The fraction of sp³-hybridized carbons (Fsp3) is 0. The maximum absolute atomic E-state index is 4.82. The molecule has 0 aromatic rings. The van der Waals surface area contributed by atoms with E-state index in [-0.39, 0.29) is 0 Å². The van der Waals surface area contributed by atoms with Gasteiger partial charge >= 0.3 is 0 Å². The highest BCUT2D eigenvalue weighted by Crippen LogP contribution is 1.83. The predicted octanol–water partition coefficient (Wildman–Crippen LogP) is 0.617. The summed E-state index contributed by atoms with van der Waals surface area (Å²) in [7, 11) is 4.64. The molecule has 0 amide bonds. The molecule has 2 radical (unpaired) electrons. The molecule has 0 saturated heterocycles. The first-order valence-corrected chi connectivity index (χ1v) is 1.64. The van der Waals surface area contributed by atoms with Gasteiger partial charge in [-0.2, -0.15) is 22.9 Å². The topological polar surface area (TPSA) is 0 Å². The lowest BCUT2D eigenvalue weighted by Crippen LogP contribution is -1.85. The van der Waals surface area contributed by atoms with Gasteiger partial charge in [0.2, 0.25) is 0 Å². The van der Waals surface area contributed by atoms with Crippen LogP contribution in [0.15, 0.2) is 0 Å². The molecule has 0 aliphatic rings. The van der Waals surface area contributed by atoms with Crippen molar-refractivity contribution in [3.8, 4) is 0 Å². The van der Waals surface area contributed by atoms with Crippen LogP contribution in [0.4, 0.5) is 0 Å². The van der Waals surface area contributed by atoms with Gasteiger partial charge in [0.1, 0.15) is 0 Å². The van der Waals surface area contributed by atoms with Gasteiger partial charge in [-0.05, 0) is 0 Å². The van der Waals surface area contributed by atoms with Crippen LogP contribution < -0.4 is 0 Å². The van der Waals surface area contributed by atoms with E-state index in [0.717, 1.165) is 0 Å². The molecular weight excluding hydrogens is 92.5 g/mol. The summed E-state index contributed by atoms with van der Waals surface area (Å²) >= 11 is 9.64. The number of hydrogen-bond donors (Lipinski definition) is 0. The van der Waals surface area contributed by atoms with Crippen molar-refractivity contribution in [3.63, 3.8) is 0 Å². The zero-order valence-corrected chi connectivity index (χ0v) is 3.42. The summed E-state index contributed by atoms with van der Waals surface area (Å²) in [6, 6.07) is 0. The Morgan fingerprint density at radius 2 is 1.50 bits per heavy atom. The third-order valence-electron chi connectivity index (χ3n) is 0. The molecule has 0 nitrogen and oxygen atoms in total. The van der Waals surface area contributed by atoms with E-state index in [1.54, 1.807) is 0 Å². The second-order valence-electron chi connectivity index (χ2n) is 0.334. The van der Waals surface area contributed by atoms with Crippen LogP contribution in [-0.2, 0) is 0 Å². The third-order valence-corrected chi connectivity index (χ3v) is 0. The van der Waals surface area contributed by atoms with Crippen molar-refractivity contribution in [2.24, 2.45) is 0 Å².